The number of carbonyl (C=O) groups excluding carboxylic acids is 1. The van der Waals surface area contributed by atoms with E-state index in [-0.39, 0.29) is 12.1 Å². The van der Waals surface area contributed by atoms with Crippen molar-refractivity contribution in [1.82, 2.24) is 19.8 Å². The first-order chi connectivity index (χ1) is 11.0. The van der Waals surface area contributed by atoms with Gasteiger partial charge in [0.15, 0.2) is 0 Å². The number of imidazole rings is 1. The van der Waals surface area contributed by atoms with Gasteiger partial charge in [0.2, 0.25) is 0 Å². The number of urea groups is 1. The Hall–Kier alpha value is -2.56. The summed E-state index contributed by atoms with van der Waals surface area (Å²) in [7, 11) is 0. The lowest BCUT2D eigenvalue weighted by molar-refractivity contribution is 0.201. The standard InChI is InChI=1S/C18H24N4O/c1-5-21(12-14(2)3)18(23)20-15(4)16-7-6-8-17(11-16)22-10-9-19-13-22/h6-11,13,15H,2,5,12H2,1,3-4H3,(H,20,23)/t15-/m0/s1. The third kappa shape index (κ3) is 4.45. The average Bonchev–Trinajstić information content (AvgIpc) is 3.06. The smallest absolute Gasteiger partial charge is 0.318 e. The predicted molar refractivity (Wildman–Crippen MR) is 92.6 cm³/mol. The van der Waals surface area contributed by atoms with Gasteiger partial charge in [0.05, 0.1) is 12.4 Å². The average molecular weight is 312 g/mol. The summed E-state index contributed by atoms with van der Waals surface area (Å²) in [6.45, 7) is 11.0. The molecule has 0 fully saturated rings. The summed E-state index contributed by atoms with van der Waals surface area (Å²) in [6.07, 6.45) is 5.40. The number of aromatic nitrogens is 2. The lowest BCUT2D eigenvalue weighted by atomic mass is 10.1. The van der Waals surface area contributed by atoms with Crippen LogP contribution in [-0.4, -0.2) is 33.6 Å². The van der Waals surface area contributed by atoms with E-state index in [0.29, 0.717) is 13.1 Å². The van der Waals surface area contributed by atoms with Crippen LogP contribution in [0, 0.1) is 0 Å². The normalized spacial score (nSPS) is 11.8. The minimum Gasteiger partial charge on any atom is -0.331 e. The van der Waals surface area contributed by atoms with Crippen LogP contribution in [0.4, 0.5) is 4.79 Å². The number of hydrogen-bond acceptors (Lipinski definition) is 2. The van der Waals surface area contributed by atoms with Crippen LogP contribution in [0.1, 0.15) is 32.4 Å². The highest BCUT2D eigenvalue weighted by Gasteiger charge is 2.15. The Labute approximate surface area is 137 Å². The highest BCUT2D eigenvalue weighted by Crippen LogP contribution is 2.17. The van der Waals surface area contributed by atoms with E-state index in [1.807, 2.05) is 49.7 Å². The second-order valence-electron chi connectivity index (χ2n) is 5.71. The Bertz CT molecular complexity index is 663. The summed E-state index contributed by atoms with van der Waals surface area (Å²) in [5.74, 6) is 0. The van der Waals surface area contributed by atoms with Gasteiger partial charge in [-0.1, -0.05) is 24.3 Å². The van der Waals surface area contributed by atoms with E-state index in [1.54, 1.807) is 17.4 Å². The molecule has 5 heteroatoms. The number of benzene rings is 1. The Kier molecular flexibility index (Phi) is 5.57. The molecule has 23 heavy (non-hydrogen) atoms. The molecule has 0 saturated carbocycles. The molecule has 0 aliphatic rings. The number of amides is 2. The highest BCUT2D eigenvalue weighted by molar-refractivity contribution is 5.75. The van der Waals surface area contributed by atoms with Crippen LogP contribution in [0.5, 0.6) is 0 Å². The Balaban J connectivity index is 2.08. The zero-order valence-corrected chi connectivity index (χ0v) is 14.0. The molecule has 2 amide bonds. The van der Waals surface area contributed by atoms with E-state index in [1.165, 1.54) is 0 Å². The monoisotopic (exact) mass is 312 g/mol. The second-order valence-corrected chi connectivity index (χ2v) is 5.71. The van der Waals surface area contributed by atoms with E-state index in [9.17, 15) is 4.79 Å². The van der Waals surface area contributed by atoms with Gasteiger partial charge >= 0.3 is 6.03 Å². The molecule has 0 unspecified atom stereocenters. The first-order valence-electron chi connectivity index (χ1n) is 7.79. The summed E-state index contributed by atoms with van der Waals surface area (Å²) < 4.78 is 1.94. The van der Waals surface area contributed by atoms with Gasteiger partial charge in [-0.25, -0.2) is 9.78 Å². The lowest BCUT2D eigenvalue weighted by Gasteiger charge is -2.24. The third-order valence-electron chi connectivity index (χ3n) is 3.64. The van der Waals surface area contributed by atoms with E-state index in [2.05, 4.69) is 22.9 Å². The second kappa shape index (κ2) is 7.63. The van der Waals surface area contributed by atoms with E-state index >= 15 is 0 Å². The van der Waals surface area contributed by atoms with Crippen molar-refractivity contribution in [3.05, 3.63) is 60.7 Å². The summed E-state index contributed by atoms with van der Waals surface area (Å²) in [6, 6.07) is 7.92. The molecular weight excluding hydrogens is 288 g/mol. The van der Waals surface area contributed by atoms with Crippen molar-refractivity contribution in [2.24, 2.45) is 0 Å². The Morgan fingerprint density at radius 1 is 1.48 bits per heavy atom. The zero-order valence-electron chi connectivity index (χ0n) is 14.0. The summed E-state index contributed by atoms with van der Waals surface area (Å²) in [4.78, 5) is 18.2. The summed E-state index contributed by atoms with van der Waals surface area (Å²) >= 11 is 0. The largest absolute Gasteiger partial charge is 0.331 e. The van der Waals surface area contributed by atoms with Gasteiger partial charge in [0, 0.05) is 31.2 Å². The fourth-order valence-corrected chi connectivity index (χ4v) is 2.38. The van der Waals surface area contributed by atoms with Gasteiger partial charge in [0.1, 0.15) is 0 Å². The number of nitrogens with zero attached hydrogens (tertiary/aromatic N) is 3. The van der Waals surface area contributed by atoms with Crippen LogP contribution < -0.4 is 5.32 Å². The molecule has 1 aromatic heterocycles. The molecule has 2 aromatic rings. The van der Waals surface area contributed by atoms with Gasteiger partial charge in [-0.05, 0) is 38.5 Å². The van der Waals surface area contributed by atoms with Crippen LogP contribution in [0.2, 0.25) is 0 Å². The lowest BCUT2D eigenvalue weighted by Crippen LogP contribution is -2.41. The number of carbonyl (C=O) groups is 1. The maximum absolute atomic E-state index is 12.4. The van der Waals surface area contributed by atoms with E-state index in [0.717, 1.165) is 16.8 Å². The van der Waals surface area contributed by atoms with Crippen molar-refractivity contribution in [2.45, 2.75) is 26.8 Å². The first-order valence-corrected chi connectivity index (χ1v) is 7.79. The molecule has 122 valence electrons. The first kappa shape index (κ1) is 16.8. The minimum absolute atomic E-state index is 0.0731. The molecule has 1 aromatic carbocycles. The van der Waals surface area contributed by atoms with Gasteiger partial charge < -0.3 is 14.8 Å². The minimum atomic E-state index is -0.0786. The highest BCUT2D eigenvalue weighted by atomic mass is 16.2. The molecule has 0 radical (unpaired) electrons. The molecule has 0 aliphatic heterocycles. The maximum Gasteiger partial charge on any atom is 0.318 e. The Morgan fingerprint density at radius 3 is 2.87 bits per heavy atom. The Morgan fingerprint density at radius 2 is 2.26 bits per heavy atom. The van der Waals surface area contributed by atoms with Crippen LogP contribution in [0.25, 0.3) is 5.69 Å². The quantitative estimate of drug-likeness (QED) is 0.829. The molecule has 2 rings (SSSR count). The van der Waals surface area contributed by atoms with E-state index in [4.69, 9.17) is 0 Å². The summed E-state index contributed by atoms with van der Waals surface area (Å²) in [5.41, 5.74) is 3.04. The van der Waals surface area contributed by atoms with Crippen molar-refractivity contribution < 1.29 is 4.79 Å². The maximum atomic E-state index is 12.4. The topological polar surface area (TPSA) is 50.2 Å². The molecule has 0 saturated heterocycles. The van der Waals surface area contributed by atoms with Crippen molar-refractivity contribution in [1.29, 1.82) is 0 Å². The molecular formula is C18H24N4O. The van der Waals surface area contributed by atoms with Crippen molar-refractivity contribution in [3.8, 4) is 5.69 Å². The van der Waals surface area contributed by atoms with Gasteiger partial charge in [0.25, 0.3) is 0 Å². The van der Waals surface area contributed by atoms with Crippen molar-refractivity contribution >= 4 is 6.03 Å². The zero-order chi connectivity index (χ0) is 16.8. The number of likely N-dealkylation sites (N-methyl/N-ethyl adjacent to an activating group) is 1. The SMILES string of the molecule is C=C(C)CN(CC)C(=O)N[C@@H](C)c1cccc(-n2ccnc2)c1. The molecule has 0 bridgehead atoms. The number of hydrogen-bond donors (Lipinski definition) is 1. The molecule has 5 nitrogen and oxygen atoms in total. The summed E-state index contributed by atoms with van der Waals surface area (Å²) in [5, 5.41) is 3.05. The number of nitrogens with one attached hydrogen (secondary N) is 1. The fourth-order valence-electron chi connectivity index (χ4n) is 2.38. The van der Waals surface area contributed by atoms with Crippen LogP contribution in [0.15, 0.2) is 55.1 Å². The van der Waals surface area contributed by atoms with Gasteiger partial charge in [-0.15, -0.1) is 0 Å². The molecule has 1 heterocycles. The van der Waals surface area contributed by atoms with Crippen molar-refractivity contribution in [2.75, 3.05) is 13.1 Å². The molecule has 1 atom stereocenters. The van der Waals surface area contributed by atoms with Gasteiger partial charge in [-0.2, -0.15) is 0 Å². The van der Waals surface area contributed by atoms with Gasteiger partial charge in [-0.3, -0.25) is 0 Å². The molecule has 1 N–H and O–H groups in total. The van der Waals surface area contributed by atoms with Crippen molar-refractivity contribution in [3.63, 3.8) is 0 Å². The fraction of sp³-hybridized carbons (Fsp3) is 0.333. The van der Waals surface area contributed by atoms with Crippen LogP contribution in [-0.2, 0) is 0 Å². The van der Waals surface area contributed by atoms with Crippen LogP contribution in [0.3, 0.4) is 0 Å². The molecule has 0 aliphatic carbocycles. The molecule has 0 spiro atoms. The third-order valence-corrected chi connectivity index (χ3v) is 3.64. The predicted octanol–water partition coefficient (Wildman–Crippen LogP) is 3.54. The van der Waals surface area contributed by atoms with Crippen LogP contribution >= 0.6 is 0 Å². The van der Waals surface area contributed by atoms with E-state index < -0.39 is 0 Å². The number of rotatable bonds is 6.